The van der Waals surface area contributed by atoms with Gasteiger partial charge in [0, 0.05) is 23.4 Å². The summed E-state index contributed by atoms with van der Waals surface area (Å²) >= 11 is 1.60. The topological polar surface area (TPSA) is 53.9 Å². The van der Waals surface area contributed by atoms with Crippen molar-refractivity contribution in [1.29, 1.82) is 0 Å². The fourth-order valence-electron chi connectivity index (χ4n) is 3.66. The van der Waals surface area contributed by atoms with Crippen LogP contribution in [0.1, 0.15) is 27.2 Å². The fourth-order valence-corrected chi connectivity index (χ4v) is 4.51. The molecule has 2 amide bonds. The predicted octanol–water partition coefficient (Wildman–Crippen LogP) is 1.96. The molecule has 2 N–H and O–H groups in total. The van der Waals surface area contributed by atoms with Gasteiger partial charge in [-0.05, 0) is 43.7 Å². The lowest BCUT2D eigenvalue weighted by molar-refractivity contribution is -0.889. The molecule has 0 aliphatic carbocycles. The zero-order chi connectivity index (χ0) is 20.9. The number of carbonyl (C=O) groups is 2. The largest absolute Gasteiger partial charge is 0.347 e. The monoisotopic (exact) mass is 414 g/mol. The van der Waals surface area contributed by atoms with E-state index in [2.05, 4.69) is 35.6 Å². The predicted molar refractivity (Wildman–Crippen MR) is 119 cm³/mol. The molecule has 6 heteroatoms. The van der Waals surface area contributed by atoms with Gasteiger partial charge in [-0.1, -0.05) is 30.3 Å². The number of fused-ring (bicyclic) bond motifs is 1. The summed E-state index contributed by atoms with van der Waals surface area (Å²) < 4.78 is 0. The van der Waals surface area contributed by atoms with Gasteiger partial charge >= 0.3 is 0 Å². The van der Waals surface area contributed by atoms with Gasteiger partial charge in [0.25, 0.3) is 5.91 Å². The number of carbonyl (C=O) groups excluding carboxylic acids is 2. The Kier molecular flexibility index (Phi) is 7.19. The number of nitrogens with zero attached hydrogens (tertiary/aromatic N) is 1. The number of nitrogens with one attached hydrogen (secondary N) is 2. The van der Waals surface area contributed by atoms with Crippen LogP contribution in [0.5, 0.6) is 0 Å². The van der Waals surface area contributed by atoms with Gasteiger partial charge in [0.05, 0.1) is 25.4 Å². The number of hydrogen-bond acceptors (Lipinski definition) is 3. The van der Waals surface area contributed by atoms with Crippen molar-refractivity contribution >= 4 is 34.3 Å². The van der Waals surface area contributed by atoms with Gasteiger partial charge in [-0.25, -0.2) is 0 Å². The Morgan fingerprint density at radius 1 is 1.07 bits per heavy atom. The smallest absolute Gasteiger partial charge is 0.275 e. The van der Waals surface area contributed by atoms with E-state index in [1.54, 1.807) is 11.8 Å². The average Bonchev–Trinajstić information content (AvgIpc) is 2.90. The lowest BCUT2D eigenvalue weighted by atomic mass is 10.1. The first-order valence-electron chi connectivity index (χ1n) is 10.3. The average molecular weight is 415 g/mol. The van der Waals surface area contributed by atoms with Crippen LogP contribution in [0.25, 0.3) is 10.8 Å². The second kappa shape index (κ2) is 9.63. The summed E-state index contributed by atoms with van der Waals surface area (Å²) in [5.74, 6) is 0.723. The SMILES string of the molecule is CC(C)(C)NC(=O)C[NH+]1CCCN(C(=O)CSc2ccc3ccccc3c2)CC1. The summed E-state index contributed by atoms with van der Waals surface area (Å²) in [6, 6.07) is 14.6. The molecule has 1 atom stereocenters. The van der Waals surface area contributed by atoms with Gasteiger partial charge in [0.1, 0.15) is 0 Å². The summed E-state index contributed by atoms with van der Waals surface area (Å²) in [6.07, 6.45) is 0.935. The van der Waals surface area contributed by atoms with Gasteiger partial charge < -0.3 is 15.1 Å². The number of rotatable bonds is 5. The minimum Gasteiger partial charge on any atom is -0.347 e. The number of hydrogen-bond donors (Lipinski definition) is 2. The second-order valence-electron chi connectivity index (χ2n) is 8.76. The van der Waals surface area contributed by atoms with E-state index in [1.165, 1.54) is 15.7 Å². The standard InChI is InChI=1S/C23H31N3O2S/c1-23(2,3)24-21(27)16-25-11-6-12-26(14-13-25)22(28)17-29-20-10-9-18-7-4-5-8-19(18)15-20/h4-5,7-10,15H,6,11-14,16-17H2,1-3H3,(H,24,27)/p+1. The number of benzene rings is 2. The molecule has 1 aliphatic heterocycles. The van der Waals surface area contributed by atoms with Crippen LogP contribution in [0.2, 0.25) is 0 Å². The van der Waals surface area contributed by atoms with E-state index in [4.69, 9.17) is 0 Å². The molecule has 0 bridgehead atoms. The minimum atomic E-state index is -0.204. The lowest BCUT2D eigenvalue weighted by Crippen LogP contribution is -3.13. The molecule has 156 valence electrons. The molecule has 1 fully saturated rings. The molecule has 0 aromatic heterocycles. The minimum absolute atomic E-state index is 0.0825. The second-order valence-corrected chi connectivity index (χ2v) is 9.81. The molecule has 2 aromatic carbocycles. The van der Waals surface area contributed by atoms with Crippen molar-refractivity contribution in [2.45, 2.75) is 37.6 Å². The molecule has 1 heterocycles. The molecule has 1 aliphatic rings. The molecular weight excluding hydrogens is 382 g/mol. The van der Waals surface area contributed by atoms with E-state index in [0.717, 1.165) is 37.5 Å². The molecule has 0 radical (unpaired) electrons. The van der Waals surface area contributed by atoms with Gasteiger partial charge in [0.2, 0.25) is 5.91 Å². The Balaban J connectivity index is 1.48. The Hall–Kier alpha value is -2.05. The van der Waals surface area contributed by atoms with E-state index < -0.39 is 0 Å². The molecular formula is C23H32N3O2S+. The number of amides is 2. The Bertz CT molecular complexity index is 863. The van der Waals surface area contributed by atoms with Gasteiger partial charge in [0.15, 0.2) is 6.54 Å². The Labute approximate surface area is 177 Å². The third kappa shape index (κ3) is 6.75. The van der Waals surface area contributed by atoms with Crippen LogP contribution in [0.3, 0.4) is 0 Å². The van der Waals surface area contributed by atoms with Crippen LogP contribution in [-0.4, -0.2) is 60.7 Å². The lowest BCUT2D eigenvalue weighted by Gasteiger charge is -2.23. The molecule has 29 heavy (non-hydrogen) atoms. The molecule has 3 rings (SSSR count). The van der Waals surface area contributed by atoms with E-state index in [1.807, 2.05) is 37.8 Å². The fraction of sp³-hybridized carbons (Fsp3) is 0.478. The quantitative estimate of drug-likeness (QED) is 0.736. The summed E-state index contributed by atoms with van der Waals surface area (Å²) in [5.41, 5.74) is -0.204. The molecule has 5 nitrogen and oxygen atoms in total. The van der Waals surface area contributed by atoms with Gasteiger partial charge in [-0.15, -0.1) is 11.8 Å². The van der Waals surface area contributed by atoms with E-state index in [-0.39, 0.29) is 17.4 Å². The van der Waals surface area contributed by atoms with Gasteiger partial charge in [-0.3, -0.25) is 9.59 Å². The first-order chi connectivity index (χ1) is 13.8. The highest BCUT2D eigenvalue weighted by Gasteiger charge is 2.24. The van der Waals surface area contributed by atoms with Crippen LogP contribution in [0.4, 0.5) is 0 Å². The Morgan fingerprint density at radius 2 is 1.83 bits per heavy atom. The summed E-state index contributed by atoms with van der Waals surface area (Å²) in [4.78, 5) is 29.3. The van der Waals surface area contributed by atoms with Crippen molar-refractivity contribution < 1.29 is 14.5 Å². The maximum atomic E-state index is 12.7. The first kappa shape index (κ1) is 21.7. The highest BCUT2D eigenvalue weighted by molar-refractivity contribution is 8.00. The van der Waals surface area contributed by atoms with E-state index in [9.17, 15) is 9.59 Å². The number of quaternary nitrogens is 1. The third-order valence-corrected chi connectivity index (χ3v) is 6.03. The highest BCUT2D eigenvalue weighted by atomic mass is 32.2. The van der Waals surface area contributed by atoms with Crippen molar-refractivity contribution in [2.75, 3.05) is 38.5 Å². The molecule has 0 spiro atoms. The van der Waals surface area contributed by atoms with Crippen molar-refractivity contribution in [1.82, 2.24) is 10.2 Å². The van der Waals surface area contributed by atoms with Crippen LogP contribution < -0.4 is 10.2 Å². The van der Waals surface area contributed by atoms with Crippen molar-refractivity contribution in [3.8, 4) is 0 Å². The molecule has 1 saturated heterocycles. The van der Waals surface area contributed by atoms with Crippen molar-refractivity contribution in [3.05, 3.63) is 42.5 Å². The van der Waals surface area contributed by atoms with E-state index in [0.29, 0.717) is 12.3 Å². The van der Waals surface area contributed by atoms with Crippen LogP contribution in [0, 0.1) is 0 Å². The van der Waals surface area contributed by atoms with Crippen LogP contribution in [0.15, 0.2) is 47.4 Å². The molecule has 1 unspecified atom stereocenters. The summed E-state index contributed by atoms with van der Waals surface area (Å²) in [6.45, 7) is 9.72. The normalized spacial score (nSPS) is 17.8. The first-order valence-corrected chi connectivity index (χ1v) is 11.3. The molecule has 2 aromatic rings. The van der Waals surface area contributed by atoms with Crippen LogP contribution in [-0.2, 0) is 9.59 Å². The number of thioether (sulfide) groups is 1. The maximum absolute atomic E-state index is 12.7. The highest BCUT2D eigenvalue weighted by Crippen LogP contribution is 2.23. The summed E-state index contributed by atoms with van der Waals surface area (Å²) in [5, 5.41) is 5.45. The van der Waals surface area contributed by atoms with Crippen LogP contribution >= 0.6 is 11.8 Å². The zero-order valence-electron chi connectivity index (χ0n) is 17.7. The van der Waals surface area contributed by atoms with Gasteiger partial charge in [-0.2, -0.15) is 0 Å². The third-order valence-electron chi connectivity index (χ3n) is 5.05. The van der Waals surface area contributed by atoms with Crippen molar-refractivity contribution in [3.63, 3.8) is 0 Å². The van der Waals surface area contributed by atoms with Crippen molar-refractivity contribution in [2.24, 2.45) is 0 Å². The Morgan fingerprint density at radius 3 is 2.59 bits per heavy atom. The van der Waals surface area contributed by atoms with E-state index >= 15 is 0 Å². The maximum Gasteiger partial charge on any atom is 0.275 e. The molecule has 0 saturated carbocycles. The summed E-state index contributed by atoms with van der Waals surface area (Å²) in [7, 11) is 0. The zero-order valence-corrected chi connectivity index (χ0v) is 18.5.